The lowest BCUT2D eigenvalue weighted by atomic mass is 10.1. The Morgan fingerprint density at radius 1 is 1.40 bits per heavy atom. The molecule has 1 aliphatic rings. The number of carboxylic acids is 1. The Hall–Kier alpha value is -1.95. The molecular weight excluding hydrogens is 260 g/mol. The van der Waals surface area contributed by atoms with Crippen molar-refractivity contribution in [2.24, 2.45) is 0 Å². The molecule has 1 aromatic rings. The summed E-state index contributed by atoms with van der Waals surface area (Å²) in [4.78, 5) is 28.5. The van der Waals surface area contributed by atoms with E-state index in [4.69, 9.17) is 9.84 Å². The SMILES string of the molecule is Cc1cncc(C(=O)N2CCC(OCC(=O)O)CC2)c1. The van der Waals surface area contributed by atoms with E-state index in [-0.39, 0.29) is 18.6 Å². The van der Waals surface area contributed by atoms with E-state index in [1.165, 1.54) is 0 Å². The highest BCUT2D eigenvalue weighted by atomic mass is 16.5. The van der Waals surface area contributed by atoms with Crippen LogP contribution in [0.15, 0.2) is 18.5 Å². The van der Waals surface area contributed by atoms with Gasteiger partial charge in [0.2, 0.25) is 0 Å². The maximum atomic E-state index is 12.3. The number of nitrogens with zero attached hydrogens (tertiary/aromatic N) is 2. The van der Waals surface area contributed by atoms with Gasteiger partial charge in [-0.05, 0) is 31.4 Å². The van der Waals surface area contributed by atoms with Crippen LogP contribution in [0.4, 0.5) is 0 Å². The summed E-state index contributed by atoms with van der Waals surface area (Å²) in [6.07, 6.45) is 4.53. The van der Waals surface area contributed by atoms with Crippen LogP contribution < -0.4 is 0 Å². The number of piperidine rings is 1. The Morgan fingerprint density at radius 2 is 2.10 bits per heavy atom. The number of rotatable bonds is 4. The number of aliphatic carboxylic acids is 1. The monoisotopic (exact) mass is 278 g/mol. The molecule has 108 valence electrons. The molecule has 1 fully saturated rings. The summed E-state index contributed by atoms with van der Waals surface area (Å²) in [5, 5.41) is 8.56. The molecule has 1 aromatic heterocycles. The Kier molecular flexibility index (Phi) is 4.68. The first-order valence-electron chi connectivity index (χ1n) is 6.60. The van der Waals surface area contributed by atoms with Gasteiger partial charge in [-0.2, -0.15) is 0 Å². The van der Waals surface area contributed by atoms with E-state index in [0.717, 1.165) is 5.56 Å². The molecule has 2 heterocycles. The van der Waals surface area contributed by atoms with Gasteiger partial charge in [-0.25, -0.2) is 4.79 Å². The number of carboxylic acid groups (broad SMARTS) is 1. The Bertz CT molecular complexity index is 496. The zero-order valence-electron chi connectivity index (χ0n) is 11.4. The third-order valence-electron chi connectivity index (χ3n) is 3.29. The van der Waals surface area contributed by atoms with Crippen LogP contribution in [-0.4, -0.2) is 52.7 Å². The van der Waals surface area contributed by atoms with Crippen LogP contribution >= 0.6 is 0 Å². The van der Waals surface area contributed by atoms with Crippen molar-refractivity contribution in [2.45, 2.75) is 25.9 Å². The van der Waals surface area contributed by atoms with Crippen molar-refractivity contribution in [3.05, 3.63) is 29.6 Å². The van der Waals surface area contributed by atoms with Crippen molar-refractivity contribution >= 4 is 11.9 Å². The third kappa shape index (κ3) is 3.77. The molecule has 0 aliphatic carbocycles. The normalized spacial score (nSPS) is 16.1. The number of carbonyl (C=O) groups excluding carboxylic acids is 1. The van der Waals surface area contributed by atoms with Crippen molar-refractivity contribution in [2.75, 3.05) is 19.7 Å². The zero-order chi connectivity index (χ0) is 14.5. The molecule has 6 heteroatoms. The van der Waals surface area contributed by atoms with Crippen LogP contribution in [0.2, 0.25) is 0 Å². The summed E-state index contributed by atoms with van der Waals surface area (Å²) in [7, 11) is 0. The summed E-state index contributed by atoms with van der Waals surface area (Å²) >= 11 is 0. The largest absolute Gasteiger partial charge is 0.480 e. The number of pyridine rings is 1. The first-order valence-corrected chi connectivity index (χ1v) is 6.60. The number of amides is 1. The zero-order valence-corrected chi connectivity index (χ0v) is 11.4. The Labute approximate surface area is 117 Å². The molecule has 1 aliphatic heterocycles. The molecular formula is C14H18N2O4. The summed E-state index contributed by atoms with van der Waals surface area (Å²) in [6.45, 7) is 2.78. The first-order chi connectivity index (χ1) is 9.56. The van der Waals surface area contributed by atoms with E-state index in [2.05, 4.69) is 4.98 Å². The first kappa shape index (κ1) is 14.5. The van der Waals surface area contributed by atoms with Gasteiger partial charge < -0.3 is 14.7 Å². The van der Waals surface area contributed by atoms with E-state index < -0.39 is 5.97 Å². The lowest BCUT2D eigenvalue weighted by Gasteiger charge is -2.31. The maximum absolute atomic E-state index is 12.3. The van der Waals surface area contributed by atoms with Crippen molar-refractivity contribution in [3.8, 4) is 0 Å². The highest BCUT2D eigenvalue weighted by Gasteiger charge is 2.24. The molecule has 0 radical (unpaired) electrons. The molecule has 0 aromatic carbocycles. The number of likely N-dealkylation sites (tertiary alicyclic amines) is 1. The van der Waals surface area contributed by atoms with Crippen LogP contribution in [-0.2, 0) is 9.53 Å². The predicted octanol–water partition coefficient (Wildman–Crippen LogP) is 1.10. The van der Waals surface area contributed by atoms with Gasteiger partial charge >= 0.3 is 5.97 Å². The van der Waals surface area contributed by atoms with Gasteiger partial charge in [-0.15, -0.1) is 0 Å². The highest BCUT2D eigenvalue weighted by Crippen LogP contribution is 2.16. The number of ether oxygens (including phenoxy) is 1. The molecule has 0 saturated carbocycles. The number of carbonyl (C=O) groups is 2. The van der Waals surface area contributed by atoms with E-state index in [9.17, 15) is 9.59 Å². The van der Waals surface area contributed by atoms with Gasteiger partial charge in [-0.3, -0.25) is 9.78 Å². The fourth-order valence-corrected chi connectivity index (χ4v) is 2.27. The van der Waals surface area contributed by atoms with Crippen molar-refractivity contribution in [1.82, 2.24) is 9.88 Å². The Balaban J connectivity index is 1.87. The van der Waals surface area contributed by atoms with E-state index in [1.807, 2.05) is 13.0 Å². The molecule has 1 N–H and O–H groups in total. The minimum absolute atomic E-state index is 0.0297. The second-order valence-corrected chi connectivity index (χ2v) is 4.95. The van der Waals surface area contributed by atoms with Crippen LogP contribution in [0, 0.1) is 6.92 Å². The molecule has 6 nitrogen and oxygen atoms in total. The van der Waals surface area contributed by atoms with E-state index >= 15 is 0 Å². The quantitative estimate of drug-likeness (QED) is 0.892. The average Bonchev–Trinajstić information content (AvgIpc) is 2.45. The van der Waals surface area contributed by atoms with Crippen molar-refractivity contribution in [1.29, 1.82) is 0 Å². The number of aromatic nitrogens is 1. The lowest BCUT2D eigenvalue weighted by molar-refractivity contribution is -0.145. The van der Waals surface area contributed by atoms with Gasteiger partial charge in [0.05, 0.1) is 11.7 Å². The van der Waals surface area contributed by atoms with Gasteiger partial charge in [0.25, 0.3) is 5.91 Å². The van der Waals surface area contributed by atoms with Gasteiger partial charge in [0, 0.05) is 25.5 Å². The Morgan fingerprint density at radius 3 is 2.70 bits per heavy atom. The maximum Gasteiger partial charge on any atom is 0.329 e. The fraction of sp³-hybridized carbons (Fsp3) is 0.500. The fourth-order valence-electron chi connectivity index (χ4n) is 2.27. The molecule has 0 atom stereocenters. The van der Waals surface area contributed by atoms with Gasteiger partial charge in [0.15, 0.2) is 0 Å². The molecule has 0 bridgehead atoms. The second kappa shape index (κ2) is 6.47. The summed E-state index contributed by atoms with van der Waals surface area (Å²) < 4.78 is 5.25. The second-order valence-electron chi connectivity index (χ2n) is 4.95. The van der Waals surface area contributed by atoms with E-state index in [1.54, 1.807) is 17.3 Å². The minimum Gasteiger partial charge on any atom is -0.480 e. The van der Waals surface area contributed by atoms with Crippen LogP contribution in [0.5, 0.6) is 0 Å². The predicted molar refractivity (Wildman–Crippen MR) is 71.5 cm³/mol. The van der Waals surface area contributed by atoms with Crippen LogP contribution in [0.25, 0.3) is 0 Å². The topological polar surface area (TPSA) is 79.7 Å². The average molecular weight is 278 g/mol. The van der Waals surface area contributed by atoms with Crippen molar-refractivity contribution in [3.63, 3.8) is 0 Å². The molecule has 1 saturated heterocycles. The number of hydrogen-bond donors (Lipinski definition) is 1. The lowest BCUT2D eigenvalue weighted by Crippen LogP contribution is -2.41. The standard InChI is InChI=1S/C14H18N2O4/c1-10-6-11(8-15-7-10)14(19)16-4-2-12(3-5-16)20-9-13(17)18/h6-8,12H,2-5,9H2,1H3,(H,17,18). The number of aryl methyl sites for hydroxylation is 1. The van der Waals surface area contributed by atoms with Crippen LogP contribution in [0.3, 0.4) is 0 Å². The van der Waals surface area contributed by atoms with Gasteiger partial charge in [0.1, 0.15) is 6.61 Å². The summed E-state index contributed by atoms with van der Waals surface area (Å²) in [5.41, 5.74) is 1.55. The highest BCUT2D eigenvalue weighted by molar-refractivity contribution is 5.94. The minimum atomic E-state index is -0.964. The summed E-state index contributed by atoms with van der Waals surface area (Å²) in [5.74, 6) is -0.993. The third-order valence-corrected chi connectivity index (χ3v) is 3.29. The summed E-state index contributed by atoms with van der Waals surface area (Å²) in [6, 6.07) is 1.82. The van der Waals surface area contributed by atoms with Gasteiger partial charge in [-0.1, -0.05) is 0 Å². The van der Waals surface area contributed by atoms with Crippen molar-refractivity contribution < 1.29 is 19.4 Å². The number of hydrogen-bond acceptors (Lipinski definition) is 4. The van der Waals surface area contributed by atoms with E-state index in [0.29, 0.717) is 31.5 Å². The molecule has 2 rings (SSSR count). The smallest absolute Gasteiger partial charge is 0.329 e. The molecule has 20 heavy (non-hydrogen) atoms. The molecule has 0 unspecified atom stereocenters. The molecule has 1 amide bonds. The molecule has 0 spiro atoms. The van der Waals surface area contributed by atoms with Crippen LogP contribution in [0.1, 0.15) is 28.8 Å².